The molecule has 1 atom stereocenters. The van der Waals surface area contributed by atoms with Crippen LogP contribution < -0.4 is 4.90 Å². The van der Waals surface area contributed by atoms with Crippen LogP contribution in [0.15, 0.2) is 30.3 Å². The van der Waals surface area contributed by atoms with Crippen molar-refractivity contribution in [2.24, 2.45) is 0 Å². The van der Waals surface area contributed by atoms with Gasteiger partial charge >= 0.3 is 5.97 Å². The average molecular weight is 439 g/mol. The first-order valence-electron chi connectivity index (χ1n) is 10.9. The molecule has 0 fully saturated rings. The maximum absolute atomic E-state index is 13.8. The van der Waals surface area contributed by atoms with Crippen LogP contribution in [0.2, 0.25) is 0 Å². The van der Waals surface area contributed by atoms with E-state index < -0.39 is 17.7 Å². The number of hydrogen-bond donors (Lipinski definition) is 0. The third-order valence-corrected chi connectivity index (χ3v) is 6.15. The van der Waals surface area contributed by atoms with Crippen molar-refractivity contribution in [1.29, 1.82) is 0 Å². The van der Waals surface area contributed by atoms with E-state index in [1.54, 1.807) is 12.1 Å². The number of likely N-dealkylation sites (N-methyl/N-ethyl adjacent to an activating group) is 1. The smallest absolute Gasteiger partial charge is 0.339 e. The molecule has 2 aromatic carbocycles. The maximum Gasteiger partial charge on any atom is 0.339 e. The number of esters is 1. The van der Waals surface area contributed by atoms with Gasteiger partial charge in [-0.1, -0.05) is 12.1 Å². The summed E-state index contributed by atoms with van der Waals surface area (Å²) in [6.45, 7) is 11.7. The van der Waals surface area contributed by atoms with Gasteiger partial charge in [0.2, 0.25) is 0 Å². The molecule has 0 unspecified atom stereocenters. The van der Waals surface area contributed by atoms with E-state index >= 15 is 0 Å². The average Bonchev–Trinajstić information content (AvgIpc) is 3.05. The largest absolute Gasteiger partial charge is 0.467 e. The Hall–Kier alpha value is -2.86. The monoisotopic (exact) mass is 438 g/mol. The molecule has 3 aromatic rings. The van der Waals surface area contributed by atoms with Crippen LogP contribution in [0.25, 0.3) is 22.0 Å². The van der Waals surface area contributed by atoms with Gasteiger partial charge in [-0.2, -0.15) is 0 Å². The van der Waals surface area contributed by atoms with Crippen molar-refractivity contribution in [3.05, 3.63) is 53.0 Å². The highest BCUT2D eigenvalue weighted by Crippen LogP contribution is 2.47. The predicted molar refractivity (Wildman–Crippen MR) is 126 cm³/mol. The Morgan fingerprint density at radius 2 is 1.78 bits per heavy atom. The van der Waals surface area contributed by atoms with Crippen molar-refractivity contribution < 1.29 is 18.7 Å². The van der Waals surface area contributed by atoms with Gasteiger partial charge in [-0.3, -0.25) is 0 Å². The summed E-state index contributed by atoms with van der Waals surface area (Å²) in [5, 5.41) is 1.03. The normalized spacial score (nSPS) is 14.7. The number of anilines is 1. The highest BCUT2D eigenvalue weighted by Gasteiger charge is 2.36. The van der Waals surface area contributed by atoms with Crippen molar-refractivity contribution >= 4 is 22.6 Å². The molecule has 5 nitrogen and oxygen atoms in total. The van der Waals surface area contributed by atoms with Crippen LogP contribution in [0.1, 0.15) is 43.7 Å². The summed E-state index contributed by atoms with van der Waals surface area (Å²) in [5.41, 5.74) is 6.27. The molecule has 1 aliphatic heterocycles. The fraction of sp³-hybridized carbons (Fsp3) is 0.423. The number of ether oxygens (including phenoxy) is 2. The predicted octanol–water partition coefficient (Wildman–Crippen LogP) is 5.54. The van der Waals surface area contributed by atoms with Gasteiger partial charge in [-0.15, -0.1) is 0 Å². The topological polar surface area (TPSA) is 43.7 Å². The van der Waals surface area contributed by atoms with Gasteiger partial charge in [0.1, 0.15) is 5.82 Å². The highest BCUT2D eigenvalue weighted by molar-refractivity contribution is 6.07. The fourth-order valence-electron chi connectivity index (χ4n) is 4.82. The number of rotatable bonds is 4. The van der Waals surface area contributed by atoms with Crippen LogP contribution >= 0.6 is 0 Å². The number of hydrogen-bond acceptors (Lipinski definition) is 4. The molecule has 1 aromatic heterocycles. The summed E-state index contributed by atoms with van der Waals surface area (Å²) < 4.78 is 27.6. The molecule has 4 rings (SSSR count). The van der Waals surface area contributed by atoms with Gasteiger partial charge < -0.3 is 18.9 Å². The zero-order valence-electron chi connectivity index (χ0n) is 19.9. The SMILES string of the molecule is COC(=O)[C@@H](OC(C)(C)C)c1c(C)c2c3c(cc(C)n3CCN2C)c1-c1ccc(F)cc1. The Bertz CT molecular complexity index is 1190. The number of carbonyl (C=O) groups is 1. The number of aromatic nitrogens is 1. The van der Waals surface area contributed by atoms with Crippen molar-refractivity contribution in [3.8, 4) is 11.1 Å². The lowest BCUT2D eigenvalue weighted by Crippen LogP contribution is -2.32. The van der Waals surface area contributed by atoms with Crippen LogP contribution in [0, 0.1) is 19.7 Å². The zero-order valence-corrected chi connectivity index (χ0v) is 19.9. The second-order valence-corrected chi connectivity index (χ2v) is 9.52. The second kappa shape index (κ2) is 7.93. The summed E-state index contributed by atoms with van der Waals surface area (Å²) in [7, 11) is 3.45. The van der Waals surface area contributed by atoms with Crippen LogP contribution in [0.4, 0.5) is 10.1 Å². The van der Waals surface area contributed by atoms with E-state index in [-0.39, 0.29) is 5.82 Å². The minimum Gasteiger partial charge on any atom is -0.467 e. The highest BCUT2D eigenvalue weighted by atomic mass is 19.1. The lowest BCUT2D eigenvalue weighted by Gasteiger charge is -2.34. The van der Waals surface area contributed by atoms with Crippen LogP contribution in [-0.4, -0.2) is 36.8 Å². The Labute approximate surface area is 188 Å². The molecule has 0 aliphatic carbocycles. The number of methoxy groups -OCH3 is 1. The standard InChI is InChI=1S/C26H31FN2O3/c1-15-14-19-21(17-8-10-18(27)11-9-17)20(24(25(30)31-7)32-26(3,4)5)16(2)22-23(19)29(15)13-12-28(22)6/h8-11,14,24H,12-13H2,1-7H3/t24-/m0/s1. The lowest BCUT2D eigenvalue weighted by atomic mass is 9.87. The summed E-state index contributed by atoms with van der Waals surface area (Å²) in [6.07, 6.45) is -0.917. The minimum atomic E-state index is -0.917. The first-order valence-corrected chi connectivity index (χ1v) is 10.9. The van der Waals surface area contributed by atoms with Crippen LogP contribution in [0.5, 0.6) is 0 Å². The van der Waals surface area contributed by atoms with E-state index in [2.05, 4.69) is 29.5 Å². The summed E-state index contributed by atoms with van der Waals surface area (Å²) >= 11 is 0. The first-order chi connectivity index (χ1) is 15.0. The number of benzene rings is 2. The second-order valence-electron chi connectivity index (χ2n) is 9.52. The Balaban J connectivity index is 2.15. The molecule has 0 N–H and O–H groups in total. The number of halogens is 1. The van der Waals surface area contributed by atoms with Crippen molar-refractivity contribution in [1.82, 2.24) is 4.57 Å². The summed E-state index contributed by atoms with van der Waals surface area (Å²) in [5.74, 6) is -0.752. The van der Waals surface area contributed by atoms with E-state index in [0.29, 0.717) is 0 Å². The van der Waals surface area contributed by atoms with E-state index in [1.807, 2.05) is 27.7 Å². The van der Waals surface area contributed by atoms with Gasteiger partial charge in [0.15, 0.2) is 6.10 Å². The summed E-state index contributed by atoms with van der Waals surface area (Å²) in [4.78, 5) is 15.3. The van der Waals surface area contributed by atoms with Crippen molar-refractivity contribution in [2.75, 3.05) is 25.6 Å². The molecule has 0 bridgehead atoms. The number of nitrogens with zero attached hydrogens (tertiary/aromatic N) is 2. The van der Waals surface area contributed by atoms with Crippen molar-refractivity contribution in [2.45, 2.75) is 52.9 Å². The minimum absolute atomic E-state index is 0.301. The van der Waals surface area contributed by atoms with E-state index in [0.717, 1.165) is 57.6 Å². The molecule has 1 aliphatic rings. The van der Waals surface area contributed by atoms with Gasteiger partial charge in [0.25, 0.3) is 0 Å². The van der Waals surface area contributed by atoms with E-state index in [1.165, 1.54) is 19.2 Å². The third kappa shape index (κ3) is 3.66. The summed E-state index contributed by atoms with van der Waals surface area (Å²) in [6, 6.07) is 8.59. The number of carbonyl (C=O) groups excluding carboxylic acids is 1. The fourth-order valence-corrected chi connectivity index (χ4v) is 4.82. The van der Waals surface area contributed by atoms with E-state index in [4.69, 9.17) is 9.47 Å². The van der Waals surface area contributed by atoms with E-state index in [9.17, 15) is 9.18 Å². The third-order valence-electron chi connectivity index (χ3n) is 6.15. The molecule has 2 heterocycles. The number of aryl methyl sites for hydroxylation is 1. The van der Waals surface area contributed by atoms with Gasteiger partial charge in [0.05, 0.1) is 23.9 Å². The quantitative estimate of drug-likeness (QED) is 0.502. The molecule has 0 radical (unpaired) electrons. The molecular formula is C26H31FN2O3. The molecule has 170 valence electrons. The first kappa shape index (κ1) is 22.3. The molecule has 32 heavy (non-hydrogen) atoms. The molecule has 0 amide bonds. The Morgan fingerprint density at radius 3 is 2.38 bits per heavy atom. The molecule has 0 spiro atoms. The molecular weight excluding hydrogens is 407 g/mol. The van der Waals surface area contributed by atoms with Gasteiger partial charge in [0, 0.05) is 36.8 Å². The lowest BCUT2D eigenvalue weighted by molar-refractivity contribution is -0.164. The van der Waals surface area contributed by atoms with Crippen LogP contribution in [-0.2, 0) is 20.8 Å². The Morgan fingerprint density at radius 1 is 1.12 bits per heavy atom. The van der Waals surface area contributed by atoms with Gasteiger partial charge in [-0.05, 0) is 69.5 Å². The van der Waals surface area contributed by atoms with Crippen molar-refractivity contribution in [3.63, 3.8) is 0 Å². The molecule has 0 saturated carbocycles. The van der Waals surface area contributed by atoms with Crippen LogP contribution in [0.3, 0.4) is 0 Å². The molecule has 6 heteroatoms. The zero-order chi connectivity index (χ0) is 23.4. The Kier molecular flexibility index (Phi) is 5.53. The maximum atomic E-state index is 13.8. The molecule has 0 saturated heterocycles. The van der Waals surface area contributed by atoms with Gasteiger partial charge in [-0.25, -0.2) is 9.18 Å².